The van der Waals surface area contributed by atoms with E-state index in [1.165, 1.54) is 36.5 Å². The third kappa shape index (κ3) is 4.70. The molecular weight excluding hydrogens is 329 g/mol. The summed E-state index contributed by atoms with van der Waals surface area (Å²) in [7, 11) is 0. The normalized spacial score (nSPS) is 11.0. The van der Waals surface area contributed by atoms with Gasteiger partial charge in [0, 0.05) is 11.8 Å². The lowest BCUT2D eigenvalue weighted by Gasteiger charge is -2.13. The molecule has 0 spiro atoms. The van der Waals surface area contributed by atoms with Crippen LogP contribution in [0.25, 0.3) is 0 Å². The van der Waals surface area contributed by atoms with Gasteiger partial charge < -0.3 is 15.2 Å². The number of carbonyl (C=O) groups excluding carboxylic acids is 1. The number of nitrogens with zero attached hydrogens (tertiary/aromatic N) is 1. The maximum absolute atomic E-state index is 12.4. The van der Waals surface area contributed by atoms with Crippen LogP contribution in [-0.2, 0) is 11.2 Å². The van der Waals surface area contributed by atoms with Crippen molar-refractivity contribution in [1.82, 2.24) is 4.98 Å². The second kappa shape index (κ2) is 6.99. The highest BCUT2D eigenvalue weighted by Gasteiger charge is 2.32. The molecule has 126 valence electrons. The lowest BCUT2D eigenvalue weighted by Crippen LogP contribution is -2.21. The van der Waals surface area contributed by atoms with E-state index in [4.69, 9.17) is 5.11 Å². The predicted molar refractivity (Wildman–Crippen MR) is 76.7 cm³/mol. The minimum absolute atomic E-state index is 0.00749. The Kier molecular flexibility index (Phi) is 5.02. The van der Waals surface area contributed by atoms with E-state index < -0.39 is 30.4 Å². The van der Waals surface area contributed by atoms with Crippen molar-refractivity contribution in [2.75, 3.05) is 5.32 Å². The number of carboxylic acid groups (broad SMARTS) is 1. The summed E-state index contributed by atoms with van der Waals surface area (Å²) in [5.74, 6) is -2.54. The van der Waals surface area contributed by atoms with Crippen molar-refractivity contribution in [2.45, 2.75) is 12.8 Å². The number of anilines is 1. The monoisotopic (exact) mass is 340 g/mol. The van der Waals surface area contributed by atoms with Crippen molar-refractivity contribution in [3.05, 3.63) is 53.9 Å². The van der Waals surface area contributed by atoms with Crippen LogP contribution in [0.4, 0.5) is 18.9 Å². The van der Waals surface area contributed by atoms with Crippen LogP contribution in [0.3, 0.4) is 0 Å². The molecule has 9 heteroatoms. The first kappa shape index (κ1) is 17.3. The minimum Gasteiger partial charge on any atom is -0.476 e. The van der Waals surface area contributed by atoms with Gasteiger partial charge in [-0.2, -0.15) is 0 Å². The first-order valence-electron chi connectivity index (χ1n) is 6.58. The summed E-state index contributed by atoms with van der Waals surface area (Å²) >= 11 is 0. The van der Waals surface area contributed by atoms with Gasteiger partial charge in [0.2, 0.25) is 5.91 Å². The summed E-state index contributed by atoms with van der Waals surface area (Å²) in [6.45, 7) is 0. The molecule has 0 aliphatic heterocycles. The topological polar surface area (TPSA) is 88.5 Å². The van der Waals surface area contributed by atoms with Crippen LogP contribution in [0.5, 0.6) is 5.75 Å². The number of aromatic nitrogens is 1. The molecule has 0 fully saturated rings. The first-order chi connectivity index (χ1) is 11.3. The highest BCUT2D eigenvalue weighted by molar-refractivity contribution is 5.99. The smallest absolute Gasteiger partial charge is 0.476 e. The number of rotatable bonds is 5. The van der Waals surface area contributed by atoms with Gasteiger partial charge in [0.1, 0.15) is 5.75 Å². The Morgan fingerprint density at radius 1 is 1.17 bits per heavy atom. The van der Waals surface area contributed by atoms with Crippen molar-refractivity contribution < 1.29 is 32.6 Å². The molecule has 0 atom stereocenters. The van der Waals surface area contributed by atoms with Gasteiger partial charge in [0.05, 0.1) is 12.1 Å². The summed E-state index contributed by atoms with van der Waals surface area (Å²) in [5.41, 5.74) is -0.414. The molecule has 2 aromatic rings. The van der Waals surface area contributed by atoms with E-state index in [9.17, 15) is 22.8 Å². The molecule has 0 saturated heterocycles. The number of benzene rings is 1. The Morgan fingerprint density at radius 3 is 2.54 bits per heavy atom. The minimum atomic E-state index is -4.88. The fourth-order valence-electron chi connectivity index (χ4n) is 1.92. The Bertz CT molecular complexity index is 762. The van der Waals surface area contributed by atoms with Crippen molar-refractivity contribution in [3.8, 4) is 5.75 Å². The van der Waals surface area contributed by atoms with Gasteiger partial charge in [0.25, 0.3) is 0 Å². The molecule has 1 aromatic carbocycles. The zero-order valence-electron chi connectivity index (χ0n) is 12.0. The van der Waals surface area contributed by atoms with E-state index in [1.807, 2.05) is 0 Å². The number of hydrogen-bond acceptors (Lipinski definition) is 4. The Labute approximate surface area is 133 Å². The van der Waals surface area contributed by atoms with Crippen molar-refractivity contribution in [2.24, 2.45) is 0 Å². The van der Waals surface area contributed by atoms with Gasteiger partial charge in [-0.25, -0.2) is 9.78 Å². The number of pyridine rings is 1. The van der Waals surface area contributed by atoms with E-state index in [1.54, 1.807) is 0 Å². The zero-order valence-corrected chi connectivity index (χ0v) is 12.0. The van der Waals surface area contributed by atoms with Crippen LogP contribution in [0, 0.1) is 0 Å². The Hall–Kier alpha value is -3.10. The zero-order chi connectivity index (χ0) is 17.7. The number of halogens is 3. The third-order valence-corrected chi connectivity index (χ3v) is 2.83. The van der Waals surface area contributed by atoms with E-state index in [0.717, 1.165) is 6.07 Å². The number of ether oxygens (including phenoxy) is 1. The fourth-order valence-corrected chi connectivity index (χ4v) is 1.92. The van der Waals surface area contributed by atoms with Crippen LogP contribution in [-0.4, -0.2) is 28.3 Å². The summed E-state index contributed by atoms with van der Waals surface area (Å²) < 4.78 is 40.9. The summed E-state index contributed by atoms with van der Waals surface area (Å²) in [6.07, 6.45) is -4.07. The van der Waals surface area contributed by atoms with Gasteiger partial charge in [0.15, 0.2) is 5.69 Å². The van der Waals surface area contributed by atoms with Gasteiger partial charge in [-0.1, -0.05) is 18.2 Å². The number of nitrogens with one attached hydrogen (secondary N) is 1. The summed E-state index contributed by atoms with van der Waals surface area (Å²) in [4.78, 5) is 26.6. The molecule has 1 aromatic heterocycles. The maximum atomic E-state index is 12.4. The average molecular weight is 340 g/mol. The number of hydrogen-bond donors (Lipinski definition) is 2. The van der Waals surface area contributed by atoms with Crippen molar-refractivity contribution >= 4 is 17.6 Å². The number of alkyl halides is 3. The molecule has 0 unspecified atom stereocenters. The largest absolute Gasteiger partial charge is 0.573 e. The highest BCUT2D eigenvalue weighted by Crippen LogP contribution is 2.26. The van der Waals surface area contributed by atoms with Gasteiger partial charge in [-0.05, 0) is 18.2 Å². The van der Waals surface area contributed by atoms with Crippen LogP contribution < -0.4 is 10.1 Å². The fraction of sp³-hybridized carbons (Fsp3) is 0.133. The molecule has 0 radical (unpaired) electrons. The summed E-state index contributed by atoms with van der Waals surface area (Å²) in [5, 5.41) is 11.3. The van der Waals surface area contributed by atoms with E-state index in [-0.39, 0.29) is 16.9 Å². The van der Waals surface area contributed by atoms with Crippen molar-refractivity contribution in [3.63, 3.8) is 0 Å². The molecule has 2 N–H and O–H groups in total. The standard InChI is InChI=1S/C15H11F3N2O4/c16-15(17,18)24-11-6-2-1-4-9(11)8-12(21)20-10-5-3-7-19-13(10)14(22)23/h1-7H,8H2,(H,20,21)(H,22,23). The first-order valence-corrected chi connectivity index (χ1v) is 6.58. The number of aromatic carboxylic acids is 1. The SMILES string of the molecule is O=C(Cc1ccccc1OC(F)(F)F)Nc1cccnc1C(=O)O. The van der Waals surface area contributed by atoms with Crippen molar-refractivity contribution in [1.29, 1.82) is 0 Å². The molecule has 24 heavy (non-hydrogen) atoms. The Morgan fingerprint density at radius 2 is 1.88 bits per heavy atom. The molecule has 1 amide bonds. The van der Waals surface area contributed by atoms with E-state index in [2.05, 4.69) is 15.0 Å². The summed E-state index contributed by atoms with van der Waals surface area (Å²) in [6, 6.07) is 7.94. The number of carbonyl (C=O) groups is 2. The second-order valence-electron chi connectivity index (χ2n) is 4.59. The molecule has 0 saturated carbocycles. The Balaban J connectivity index is 2.15. The number of para-hydroxylation sites is 1. The van der Waals surface area contributed by atoms with Gasteiger partial charge in [-0.15, -0.1) is 13.2 Å². The van der Waals surface area contributed by atoms with Gasteiger partial charge >= 0.3 is 12.3 Å². The lowest BCUT2D eigenvalue weighted by molar-refractivity contribution is -0.274. The average Bonchev–Trinajstić information content (AvgIpc) is 2.48. The molecule has 0 aliphatic rings. The predicted octanol–water partition coefficient (Wildman–Crippen LogP) is 2.86. The number of carboxylic acids is 1. The molecule has 0 aliphatic carbocycles. The maximum Gasteiger partial charge on any atom is 0.573 e. The molecular formula is C15H11F3N2O4. The molecule has 1 heterocycles. The van der Waals surface area contributed by atoms with E-state index in [0.29, 0.717) is 0 Å². The third-order valence-electron chi connectivity index (χ3n) is 2.83. The van der Waals surface area contributed by atoms with Crippen LogP contribution in [0.2, 0.25) is 0 Å². The molecule has 2 rings (SSSR count). The van der Waals surface area contributed by atoms with Crippen LogP contribution >= 0.6 is 0 Å². The highest BCUT2D eigenvalue weighted by atomic mass is 19.4. The second-order valence-corrected chi connectivity index (χ2v) is 4.59. The van der Waals surface area contributed by atoms with E-state index >= 15 is 0 Å². The molecule has 0 bridgehead atoms. The van der Waals surface area contributed by atoms with Gasteiger partial charge in [-0.3, -0.25) is 4.79 Å². The molecule has 6 nitrogen and oxygen atoms in total. The number of amides is 1. The quantitative estimate of drug-likeness (QED) is 0.874. The van der Waals surface area contributed by atoms with Crippen LogP contribution in [0.1, 0.15) is 16.1 Å². The lowest BCUT2D eigenvalue weighted by atomic mass is 10.1. The van der Waals surface area contributed by atoms with Crippen LogP contribution in [0.15, 0.2) is 42.6 Å².